The van der Waals surface area contributed by atoms with Crippen LogP contribution in [0.4, 0.5) is 14.6 Å². The summed E-state index contributed by atoms with van der Waals surface area (Å²) in [7, 11) is 0.482. The van der Waals surface area contributed by atoms with Crippen LogP contribution in [0.5, 0.6) is 0 Å². The molecule has 1 aromatic heterocycles. The number of halogens is 3. The topological polar surface area (TPSA) is 90.2 Å². The van der Waals surface area contributed by atoms with Crippen LogP contribution >= 0.6 is 10.7 Å². The van der Waals surface area contributed by atoms with Crippen molar-refractivity contribution in [2.75, 3.05) is 0 Å². The molecule has 0 saturated carbocycles. The van der Waals surface area contributed by atoms with Gasteiger partial charge in [-0.2, -0.15) is 0 Å². The van der Waals surface area contributed by atoms with E-state index in [0.717, 1.165) is 0 Å². The zero-order valence-electron chi connectivity index (χ0n) is 7.30. The number of nitrogens with zero attached hydrogens (tertiary/aromatic N) is 2. The maximum absolute atomic E-state index is 12.2. The normalized spacial score (nSPS) is 11.8. The van der Waals surface area contributed by atoms with E-state index in [1.165, 1.54) is 0 Å². The van der Waals surface area contributed by atoms with Gasteiger partial charge in [0.2, 0.25) is 5.69 Å². The molecule has 1 heterocycles. The van der Waals surface area contributed by atoms with Gasteiger partial charge in [0.05, 0.1) is 0 Å². The van der Waals surface area contributed by atoms with E-state index >= 15 is 0 Å². The molecule has 0 fully saturated rings. The van der Waals surface area contributed by atoms with Gasteiger partial charge in [-0.25, -0.2) is 17.2 Å². The summed E-state index contributed by atoms with van der Waals surface area (Å²) in [4.78, 5) is 11.2. The first kappa shape index (κ1) is 12.7. The molecule has 0 unspecified atom stereocenters. The van der Waals surface area contributed by atoms with Gasteiger partial charge in [-0.1, -0.05) is 0 Å². The van der Waals surface area contributed by atoms with Crippen LogP contribution in [0.15, 0.2) is 17.0 Å². The smallest absolute Gasteiger partial charge is 0.358 e. The van der Waals surface area contributed by atoms with Crippen molar-refractivity contribution in [3.63, 3.8) is 0 Å². The zero-order valence-corrected chi connectivity index (χ0v) is 8.87. The second kappa shape index (κ2) is 4.26. The fraction of sp³-hybridized carbons (Fsp3) is 0.167. The van der Waals surface area contributed by atoms with Gasteiger partial charge in [-0.05, 0) is 22.0 Å². The van der Waals surface area contributed by atoms with Crippen LogP contribution in [0, 0.1) is 10.1 Å². The summed E-state index contributed by atoms with van der Waals surface area (Å²) in [6, 6.07) is 1.28. The van der Waals surface area contributed by atoms with Crippen molar-refractivity contribution in [3.05, 3.63) is 27.9 Å². The lowest BCUT2D eigenvalue weighted by Gasteiger charge is -2.00. The highest BCUT2D eigenvalue weighted by atomic mass is 35.7. The number of aromatic nitrogens is 1. The van der Waals surface area contributed by atoms with Crippen molar-refractivity contribution in [2.45, 2.75) is 11.3 Å². The lowest BCUT2D eigenvalue weighted by Crippen LogP contribution is -2.04. The molecule has 6 nitrogen and oxygen atoms in total. The van der Waals surface area contributed by atoms with Crippen LogP contribution < -0.4 is 0 Å². The SMILES string of the molecule is O=[N+]([O-])c1nc(C(F)F)ccc1S(=O)(=O)Cl. The van der Waals surface area contributed by atoms with Gasteiger partial charge in [0, 0.05) is 10.7 Å². The average molecular weight is 273 g/mol. The van der Waals surface area contributed by atoms with Crippen LogP contribution in [0.2, 0.25) is 0 Å². The van der Waals surface area contributed by atoms with Gasteiger partial charge in [-0.15, -0.1) is 0 Å². The fourth-order valence-electron chi connectivity index (χ4n) is 0.893. The maximum Gasteiger partial charge on any atom is 0.384 e. The maximum atomic E-state index is 12.2. The molecule has 0 bridgehead atoms. The minimum atomic E-state index is -4.40. The molecule has 0 saturated heterocycles. The first-order chi connectivity index (χ1) is 7.23. The van der Waals surface area contributed by atoms with Crippen molar-refractivity contribution >= 4 is 25.6 Å². The van der Waals surface area contributed by atoms with E-state index in [9.17, 15) is 27.3 Å². The standard InChI is InChI=1S/C6H3ClF2N2O4S/c7-16(14,15)4-2-1-3(5(8)9)10-6(4)11(12)13/h1-2,5H. The summed E-state index contributed by atoms with van der Waals surface area (Å²) in [5.41, 5.74) is -0.893. The Morgan fingerprint density at radius 1 is 1.44 bits per heavy atom. The number of nitro groups is 1. The Morgan fingerprint density at radius 2 is 2.00 bits per heavy atom. The second-order valence-corrected chi connectivity index (χ2v) is 5.09. The predicted octanol–water partition coefficient (Wildman–Crippen LogP) is 1.85. The van der Waals surface area contributed by atoms with E-state index in [1.54, 1.807) is 0 Å². The van der Waals surface area contributed by atoms with E-state index in [-0.39, 0.29) is 0 Å². The van der Waals surface area contributed by atoms with Gasteiger partial charge >= 0.3 is 12.2 Å². The number of hydrogen-bond acceptors (Lipinski definition) is 5. The molecule has 16 heavy (non-hydrogen) atoms. The summed E-state index contributed by atoms with van der Waals surface area (Å²) < 4.78 is 46.1. The molecular weight excluding hydrogens is 270 g/mol. The van der Waals surface area contributed by atoms with Crippen molar-refractivity contribution in [3.8, 4) is 0 Å². The Balaban J connectivity index is 3.49. The quantitative estimate of drug-likeness (QED) is 0.476. The second-order valence-electron chi connectivity index (χ2n) is 2.55. The minimum absolute atomic E-state index is 0.620. The average Bonchev–Trinajstić information content (AvgIpc) is 2.15. The van der Waals surface area contributed by atoms with Crippen molar-refractivity contribution < 1.29 is 22.1 Å². The van der Waals surface area contributed by atoms with Crippen LogP contribution in [0.1, 0.15) is 12.1 Å². The Hall–Kier alpha value is -1.35. The Labute approximate surface area is 92.4 Å². The molecule has 0 spiro atoms. The van der Waals surface area contributed by atoms with Crippen molar-refractivity contribution in [1.82, 2.24) is 4.98 Å². The fourth-order valence-corrected chi connectivity index (χ4v) is 1.82. The van der Waals surface area contributed by atoms with Crippen molar-refractivity contribution in [1.29, 1.82) is 0 Å². The first-order valence-corrected chi connectivity index (χ1v) is 5.92. The molecule has 0 aliphatic rings. The Kier molecular flexibility index (Phi) is 3.38. The summed E-state index contributed by atoms with van der Waals surface area (Å²) in [6.07, 6.45) is -3.04. The van der Waals surface area contributed by atoms with Gasteiger partial charge < -0.3 is 10.1 Å². The lowest BCUT2D eigenvalue weighted by molar-refractivity contribution is -0.392. The van der Waals surface area contributed by atoms with Crippen LogP contribution in [0.25, 0.3) is 0 Å². The minimum Gasteiger partial charge on any atom is -0.358 e. The monoisotopic (exact) mass is 272 g/mol. The highest BCUT2D eigenvalue weighted by molar-refractivity contribution is 8.13. The first-order valence-electron chi connectivity index (χ1n) is 3.61. The molecule has 0 aliphatic carbocycles. The lowest BCUT2D eigenvalue weighted by atomic mass is 10.3. The van der Waals surface area contributed by atoms with E-state index in [4.69, 9.17) is 10.7 Å². The molecule has 0 aromatic carbocycles. The number of pyridine rings is 1. The third-order valence-electron chi connectivity index (χ3n) is 1.52. The van der Waals surface area contributed by atoms with Gasteiger partial charge in [0.25, 0.3) is 9.05 Å². The van der Waals surface area contributed by atoms with Gasteiger partial charge in [0.15, 0.2) is 4.90 Å². The zero-order chi connectivity index (χ0) is 12.5. The molecule has 1 rings (SSSR count). The summed E-state index contributed by atoms with van der Waals surface area (Å²) >= 11 is 0. The summed E-state index contributed by atoms with van der Waals surface area (Å²) in [5, 5.41) is 10.4. The number of hydrogen-bond donors (Lipinski definition) is 0. The third kappa shape index (κ3) is 2.61. The van der Waals surface area contributed by atoms with E-state index < -0.39 is 36.8 Å². The van der Waals surface area contributed by atoms with Crippen LogP contribution in [0.3, 0.4) is 0 Å². The molecule has 88 valence electrons. The molecule has 0 aliphatic heterocycles. The molecule has 0 atom stereocenters. The molecule has 10 heteroatoms. The molecule has 1 aromatic rings. The highest BCUT2D eigenvalue weighted by Gasteiger charge is 2.28. The summed E-state index contributed by atoms with van der Waals surface area (Å²) in [5.74, 6) is -1.22. The molecular formula is C6H3ClF2N2O4S. The van der Waals surface area contributed by atoms with Crippen LogP contribution in [-0.4, -0.2) is 18.3 Å². The van der Waals surface area contributed by atoms with Gasteiger partial charge in [0.1, 0.15) is 0 Å². The Morgan fingerprint density at radius 3 is 2.38 bits per heavy atom. The number of rotatable bonds is 3. The van der Waals surface area contributed by atoms with Gasteiger partial charge in [-0.3, -0.25) is 0 Å². The Bertz CT molecular complexity index is 533. The summed E-state index contributed by atoms with van der Waals surface area (Å²) in [6.45, 7) is 0. The van der Waals surface area contributed by atoms with E-state index in [0.29, 0.717) is 12.1 Å². The number of alkyl halides is 2. The largest absolute Gasteiger partial charge is 0.384 e. The third-order valence-corrected chi connectivity index (χ3v) is 2.86. The van der Waals surface area contributed by atoms with Crippen LogP contribution in [-0.2, 0) is 9.05 Å². The van der Waals surface area contributed by atoms with E-state index in [1.807, 2.05) is 0 Å². The molecule has 0 N–H and O–H groups in total. The molecule has 0 amide bonds. The molecule has 0 radical (unpaired) electrons. The highest BCUT2D eigenvalue weighted by Crippen LogP contribution is 2.27. The van der Waals surface area contributed by atoms with Crippen molar-refractivity contribution in [2.24, 2.45) is 0 Å². The van der Waals surface area contributed by atoms with E-state index in [2.05, 4.69) is 4.98 Å². The predicted molar refractivity (Wildman–Crippen MR) is 48.9 cm³/mol.